The Labute approximate surface area is 260 Å². The number of nitrogens with one attached hydrogen (secondary N) is 2. The fraction of sp³-hybridized carbons (Fsp3) is 0.543. The molecule has 2 aliphatic carbocycles. The first-order valence-electron chi connectivity index (χ1n) is 15.9. The lowest BCUT2D eigenvalue weighted by molar-refractivity contribution is -0.148. The van der Waals surface area contributed by atoms with E-state index in [1.54, 1.807) is 13.0 Å². The standard InChI is InChI=1S/C35H48F2N4O3/c1-5-12-41(13-6-2)33(44)35(39-22-25-8-7-9-30(17-25)40-29-10-11-29)20-23(3)19-34(32(38)43,31(35)14-24(4)42)21-26-15-27(36)18-28(37)16-26/h7-9,15-19,24,29,31,39-40,42H,5-6,10-14,20-22H2,1-4H3,(H2,38,43)/t24?,31-,34-,35?/m1/s1. The second-order valence-electron chi connectivity index (χ2n) is 12.9. The number of anilines is 1. The van der Waals surface area contributed by atoms with Gasteiger partial charge in [-0.15, -0.1) is 0 Å². The lowest BCUT2D eigenvalue weighted by Gasteiger charge is -2.53. The zero-order valence-electron chi connectivity index (χ0n) is 26.5. The van der Waals surface area contributed by atoms with Crippen LogP contribution in [-0.4, -0.2) is 52.6 Å². The Morgan fingerprint density at radius 2 is 1.73 bits per heavy atom. The van der Waals surface area contributed by atoms with Crippen molar-refractivity contribution in [2.45, 2.75) is 96.9 Å². The van der Waals surface area contributed by atoms with Crippen molar-refractivity contribution < 1.29 is 23.5 Å². The SMILES string of the molecule is CCCN(CCC)C(=O)C1(NCc2cccc(NC3CC3)c2)CC(C)=C[C@](Cc2cc(F)cc(F)c2)(C(N)=O)[C@H]1CC(C)O. The normalized spacial score (nSPS) is 24.0. The molecule has 0 radical (unpaired) electrons. The van der Waals surface area contributed by atoms with E-state index in [-0.39, 0.29) is 24.3 Å². The molecule has 9 heteroatoms. The van der Waals surface area contributed by atoms with Crippen molar-refractivity contribution in [2.75, 3.05) is 18.4 Å². The summed E-state index contributed by atoms with van der Waals surface area (Å²) in [5.41, 5.74) is 6.37. The molecule has 0 heterocycles. The maximum Gasteiger partial charge on any atom is 0.243 e. The van der Waals surface area contributed by atoms with Gasteiger partial charge in [0.05, 0.1) is 11.5 Å². The summed E-state index contributed by atoms with van der Waals surface area (Å²) in [4.78, 5) is 30.4. The van der Waals surface area contributed by atoms with Crippen LogP contribution in [0.5, 0.6) is 0 Å². The molecule has 7 nitrogen and oxygen atoms in total. The number of amides is 2. The monoisotopic (exact) mass is 610 g/mol. The van der Waals surface area contributed by atoms with Crippen molar-refractivity contribution in [3.8, 4) is 0 Å². The van der Waals surface area contributed by atoms with Gasteiger partial charge in [-0.05, 0) is 94.2 Å². The predicted molar refractivity (Wildman–Crippen MR) is 170 cm³/mol. The summed E-state index contributed by atoms with van der Waals surface area (Å²) >= 11 is 0. The van der Waals surface area contributed by atoms with E-state index in [4.69, 9.17) is 5.73 Å². The van der Waals surface area contributed by atoms with Gasteiger partial charge in [0.15, 0.2) is 0 Å². The topological polar surface area (TPSA) is 108 Å². The average Bonchev–Trinajstić information content (AvgIpc) is 3.76. The number of aliphatic hydroxyl groups is 1. The van der Waals surface area contributed by atoms with Crippen LogP contribution in [0, 0.1) is 23.0 Å². The van der Waals surface area contributed by atoms with Gasteiger partial charge in [0, 0.05) is 43.3 Å². The summed E-state index contributed by atoms with van der Waals surface area (Å²) in [6.45, 7) is 8.89. The second-order valence-corrected chi connectivity index (χ2v) is 12.9. The van der Waals surface area contributed by atoms with Crippen LogP contribution >= 0.6 is 0 Å². The molecule has 0 spiro atoms. The number of hydrogen-bond acceptors (Lipinski definition) is 5. The zero-order chi connectivity index (χ0) is 32.1. The molecule has 4 rings (SSSR count). The number of primary amides is 1. The number of aliphatic hydroxyl groups excluding tert-OH is 1. The van der Waals surface area contributed by atoms with E-state index in [0.29, 0.717) is 32.1 Å². The van der Waals surface area contributed by atoms with Gasteiger partial charge in [0.25, 0.3) is 0 Å². The van der Waals surface area contributed by atoms with Gasteiger partial charge >= 0.3 is 0 Å². The van der Waals surface area contributed by atoms with Crippen molar-refractivity contribution in [1.29, 1.82) is 0 Å². The van der Waals surface area contributed by atoms with Gasteiger partial charge in [-0.2, -0.15) is 0 Å². The van der Waals surface area contributed by atoms with Crippen LogP contribution in [0.3, 0.4) is 0 Å². The van der Waals surface area contributed by atoms with E-state index >= 15 is 0 Å². The van der Waals surface area contributed by atoms with E-state index < -0.39 is 40.5 Å². The molecule has 1 saturated carbocycles. The molecule has 2 aromatic rings. The van der Waals surface area contributed by atoms with Crippen LogP contribution in [0.1, 0.15) is 77.3 Å². The van der Waals surface area contributed by atoms with Gasteiger partial charge in [0.2, 0.25) is 11.8 Å². The Kier molecular flexibility index (Phi) is 10.8. The first-order chi connectivity index (χ1) is 20.9. The molecule has 0 aliphatic heterocycles. The number of carbonyl (C=O) groups excluding carboxylic acids is 2. The number of rotatable bonds is 15. The van der Waals surface area contributed by atoms with Crippen molar-refractivity contribution in [3.05, 3.63) is 76.9 Å². The van der Waals surface area contributed by atoms with Crippen molar-refractivity contribution in [3.63, 3.8) is 0 Å². The maximum atomic E-state index is 14.9. The summed E-state index contributed by atoms with van der Waals surface area (Å²) in [6.07, 6.45) is 4.89. The largest absolute Gasteiger partial charge is 0.393 e. The van der Waals surface area contributed by atoms with Gasteiger partial charge < -0.3 is 21.1 Å². The Morgan fingerprint density at radius 3 is 2.30 bits per heavy atom. The van der Waals surface area contributed by atoms with Crippen LogP contribution in [0.2, 0.25) is 0 Å². The Balaban J connectivity index is 1.87. The van der Waals surface area contributed by atoms with Crippen LogP contribution in [0.4, 0.5) is 14.5 Å². The van der Waals surface area contributed by atoms with Gasteiger partial charge in [0.1, 0.15) is 17.2 Å². The van der Waals surface area contributed by atoms with E-state index in [1.807, 2.05) is 43.9 Å². The smallest absolute Gasteiger partial charge is 0.243 e. The van der Waals surface area contributed by atoms with Crippen LogP contribution in [0.25, 0.3) is 0 Å². The molecule has 2 amide bonds. The first kappa shape index (κ1) is 33.6. The lowest BCUT2D eigenvalue weighted by Crippen LogP contribution is -2.69. The van der Waals surface area contributed by atoms with E-state index in [1.165, 1.54) is 12.1 Å². The minimum Gasteiger partial charge on any atom is -0.393 e. The molecular formula is C35H48F2N4O3. The van der Waals surface area contributed by atoms with Gasteiger partial charge in [-0.1, -0.05) is 37.6 Å². The second kappa shape index (κ2) is 14.2. The summed E-state index contributed by atoms with van der Waals surface area (Å²) in [5.74, 6) is -3.22. The molecule has 4 atom stereocenters. The minimum atomic E-state index is -1.51. The summed E-state index contributed by atoms with van der Waals surface area (Å²) in [7, 11) is 0. The summed E-state index contributed by atoms with van der Waals surface area (Å²) in [5, 5.41) is 18.0. The quantitative estimate of drug-likeness (QED) is 0.200. The molecule has 2 unspecified atom stereocenters. The number of hydrogen-bond donors (Lipinski definition) is 4. The summed E-state index contributed by atoms with van der Waals surface area (Å²) in [6, 6.07) is 11.7. The van der Waals surface area contributed by atoms with Crippen molar-refractivity contribution in [2.24, 2.45) is 17.1 Å². The van der Waals surface area contributed by atoms with Crippen molar-refractivity contribution in [1.82, 2.24) is 10.2 Å². The molecule has 0 saturated heterocycles. The van der Waals surface area contributed by atoms with Gasteiger partial charge in [-0.25, -0.2) is 8.78 Å². The molecule has 2 aliphatic rings. The molecule has 5 N–H and O–H groups in total. The van der Waals surface area contributed by atoms with E-state index in [0.717, 1.165) is 48.6 Å². The highest BCUT2D eigenvalue weighted by Gasteiger charge is 2.60. The number of halogens is 2. The Morgan fingerprint density at radius 1 is 1.07 bits per heavy atom. The van der Waals surface area contributed by atoms with E-state index in [9.17, 15) is 23.5 Å². The first-order valence-corrected chi connectivity index (χ1v) is 15.9. The maximum absolute atomic E-state index is 14.9. The highest BCUT2D eigenvalue weighted by atomic mass is 19.1. The predicted octanol–water partition coefficient (Wildman–Crippen LogP) is 5.47. The number of nitrogens with two attached hydrogens (primary N) is 1. The summed E-state index contributed by atoms with van der Waals surface area (Å²) < 4.78 is 28.8. The number of nitrogens with zero attached hydrogens (tertiary/aromatic N) is 1. The molecule has 1 fully saturated rings. The van der Waals surface area contributed by atoms with Crippen LogP contribution in [-0.2, 0) is 22.6 Å². The highest BCUT2D eigenvalue weighted by molar-refractivity contribution is 5.92. The zero-order valence-corrected chi connectivity index (χ0v) is 26.5. The lowest BCUT2D eigenvalue weighted by atomic mass is 9.55. The molecule has 240 valence electrons. The third-order valence-corrected chi connectivity index (χ3v) is 8.87. The Bertz CT molecular complexity index is 1330. The molecule has 44 heavy (non-hydrogen) atoms. The van der Waals surface area contributed by atoms with E-state index in [2.05, 4.69) is 16.7 Å². The number of carbonyl (C=O) groups is 2. The third kappa shape index (κ3) is 7.67. The van der Waals surface area contributed by atoms with Crippen LogP contribution in [0.15, 0.2) is 54.1 Å². The molecule has 2 aromatic carbocycles. The fourth-order valence-electron chi connectivity index (χ4n) is 7.02. The average molecular weight is 611 g/mol. The van der Waals surface area contributed by atoms with Crippen molar-refractivity contribution >= 4 is 17.5 Å². The van der Waals surface area contributed by atoms with Gasteiger partial charge in [-0.3, -0.25) is 14.9 Å². The minimum absolute atomic E-state index is 0.0681. The Hall–Kier alpha value is -3.30. The van der Waals surface area contributed by atoms with Crippen LogP contribution < -0.4 is 16.4 Å². The highest BCUT2D eigenvalue weighted by Crippen LogP contribution is 2.50. The third-order valence-electron chi connectivity index (χ3n) is 8.87. The molecular weight excluding hydrogens is 562 g/mol. The fourth-order valence-corrected chi connectivity index (χ4v) is 7.02. The molecule has 0 aromatic heterocycles. The number of benzene rings is 2. The molecule has 0 bridgehead atoms.